The number of hydrogen-bond donors (Lipinski definition) is 1. The molecule has 0 fully saturated rings. The lowest BCUT2D eigenvalue weighted by atomic mass is 9.93. The lowest BCUT2D eigenvalue weighted by Gasteiger charge is -2.10. The minimum Gasteiger partial charge on any atom is -0.341 e. The Kier molecular flexibility index (Phi) is 3.39. The summed E-state index contributed by atoms with van der Waals surface area (Å²) in [4.78, 5) is 25.4. The van der Waals surface area contributed by atoms with Gasteiger partial charge in [0.25, 0.3) is 11.8 Å². The molecule has 0 bridgehead atoms. The van der Waals surface area contributed by atoms with Crippen molar-refractivity contribution in [2.24, 2.45) is 0 Å². The van der Waals surface area contributed by atoms with Crippen LogP contribution in [0.1, 0.15) is 27.6 Å². The molecule has 1 aliphatic heterocycles. The Bertz CT molecular complexity index is 1290. The molecule has 5 rings (SSSR count). The molecule has 3 aromatic carbocycles. The number of nitrogens with zero attached hydrogens (tertiary/aromatic N) is 1. The van der Waals surface area contributed by atoms with Crippen LogP contribution in [0.2, 0.25) is 5.02 Å². The van der Waals surface area contributed by atoms with Gasteiger partial charge in [-0.1, -0.05) is 41.9 Å². The predicted octanol–water partition coefficient (Wildman–Crippen LogP) is 5.02. The van der Waals surface area contributed by atoms with Gasteiger partial charge < -0.3 is 4.57 Å². The lowest BCUT2D eigenvalue weighted by molar-refractivity contribution is 0.0880. The third-order valence-corrected chi connectivity index (χ3v) is 5.43. The standard InChI is InChI=1S/C22H15ClN2O2/c1-2-25-16-9-4-3-8-14(16)18-17(25)11-15(12-6-5-7-13(23)10-12)19-20(18)22(27)24-21(19)26/h3-11H,2H2,1H3,(H,24,26,27). The van der Waals surface area contributed by atoms with Crippen LogP contribution in [0.4, 0.5) is 0 Å². The van der Waals surface area contributed by atoms with Crippen molar-refractivity contribution < 1.29 is 9.59 Å². The molecule has 0 unspecified atom stereocenters. The van der Waals surface area contributed by atoms with Crippen molar-refractivity contribution in [3.05, 3.63) is 70.7 Å². The number of aryl methyl sites for hydroxylation is 1. The molecular formula is C22H15ClN2O2. The van der Waals surface area contributed by atoms with E-state index < -0.39 is 0 Å². The zero-order valence-corrected chi connectivity index (χ0v) is 15.3. The topological polar surface area (TPSA) is 51.1 Å². The molecule has 0 atom stereocenters. The highest BCUT2D eigenvalue weighted by Crippen LogP contribution is 2.40. The first-order valence-corrected chi connectivity index (χ1v) is 9.17. The Morgan fingerprint density at radius 1 is 0.926 bits per heavy atom. The van der Waals surface area contributed by atoms with Gasteiger partial charge in [-0.3, -0.25) is 14.9 Å². The summed E-state index contributed by atoms with van der Waals surface area (Å²) in [6.45, 7) is 2.83. The van der Waals surface area contributed by atoms with Crippen molar-refractivity contribution in [2.75, 3.05) is 0 Å². The fourth-order valence-electron chi connectivity index (χ4n) is 4.12. The van der Waals surface area contributed by atoms with Gasteiger partial charge in [-0.15, -0.1) is 0 Å². The van der Waals surface area contributed by atoms with Crippen molar-refractivity contribution >= 4 is 45.2 Å². The van der Waals surface area contributed by atoms with E-state index in [9.17, 15) is 9.59 Å². The smallest absolute Gasteiger partial charge is 0.259 e. The van der Waals surface area contributed by atoms with Crippen LogP contribution < -0.4 is 5.32 Å². The average Bonchev–Trinajstić information content (AvgIpc) is 3.14. The molecule has 0 aliphatic carbocycles. The van der Waals surface area contributed by atoms with Gasteiger partial charge in [-0.25, -0.2) is 0 Å². The third-order valence-electron chi connectivity index (χ3n) is 5.19. The van der Waals surface area contributed by atoms with Crippen molar-refractivity contribution in [3.63, 3.8) is 0 Å². The minimum absolute atomic E-state index is 0.345. The number of fused-ring (bicyclic) bond motifs is 5. The van der Waals surface area contributed by atoms with E-state index >= 15 is 0 Å². The van der Waals surface area contributed by atoms with Crippen LogP contribution in [0.25, 0.3) is 32.9 Å². The number of halogens is 1. The summed E-state index contributed by atoms with van der Waals surface area (Å²) >= 11 is 6.18. The quantitative estimate of drug-likeness (QED) is 0.501. The maximum absolute atomic E-state index is 12.7. The van der Waals surface area contributed by atoms with Gasteiger partial charge in [-0.2, -0.15) is 0 Å². The summed E-state index contributed by atoms with van der Waals surface area (Å²) in [5.74, 6) is -0.705. The largest absolute Gasteiger partial charge is 0.341 e. The number of imide groups is 1. The average molecular weight is 375 g/mol. The summed E-state index contributed by atoms with van der Waals surface area (Å²) in [6, 6.07) is 17.3. The van der Waals surface area contributed by atoms with Crippen molar-refractivity contribution in [2.45, 2.75) is 13.5 Å². The van der Waals surface area contributed by atoms with E-state index in [-0.39, 0.29) is 11.8 Å². The second-order valence-corrected chi connectivity index (χ2v) is 7.06. The molecule has 0 saturated carbocycles. The van der Waals surface area contributed by atoms with Crippen LogP contribution in [0.15, 0.2) is 54.6 Å². The van der Waals surface area contributed by atoms with Gasteiger partial charge in [0.05, 0.1) is 16.6 Å². The molecule has 2 amide bonds. The van der Waals surface area contributed by atoms with Crippen LogP contribution in [0.3, 0.4) is 0 Å². The first-order chi connectivity index (χ1) is 13.1. The first-order valence-electron chi connectivity index (χ1n) is 8.79. The maximum atomic E-state index is 12.7. The highest BCUT2D eigenvalue weighted by Gasteiger charge is 2.34. The van der Waals surface area contributed by atoms with E-state index in [0.717, 1.165) is 39.5 Å². The third kappa shape index (κ3) is 2.17. The van der Waals surface area contributed by atoms with Crippen molar-refractivity contribution in [3.8, 4) is 11.1 Å². The van der Waals surface area contributed by atoms with Gasteiger partial charge in [0, 0.05) is 27.9 Å². The van der Waals surface area contributed by atoms with Crippen LogP contribution in [0, 0.1) is 0 Å². The first kappa shape index (κ1) is 16.1. The lowest BCUT2D eigenvalue weighted by Crippen LogP contribution is -2.20. The predicted molar refractivity (Wildman–Crippen MR) is 107 cm³/mol. The number of hydrogen-bond acceptors (Lipinski definition) is 2. The van der Waals surface area contributed by atoms with Gasteiger partial charge in [-0.05, 0) is 42.3 Å². The highest BCUT2D eigenvalue weighted by molar-refractivity contribution is 6.33. The minimum atomic E-state index is -0.361. The highest BCUT2D eigenvalue weighted by atomic mass is 35.5. The summed E-state index contributed by atoms with van der Waals surface area (Å²) in [7, 11) is 0. The van der Waals surface area contributed by atoms with Crippen molar-refractivity contribution in [1.29, 1.82) is 0 Å². The molecule has 1 aliphatic rings. The fourth-order valence-corrected chi connectivity index (χ4v) is 4.31. The molecule has 4 nitrogen and oxygen atoms in total. The maximum Gasteiger partial charge on any atom is 0.259 e. The second-order valence-electron chi connectivity index (χ2n) is 6.62. The SMILES string of the molecule is CCn1c2ccccc2c2c3c(c(-c4cccc(Cl)c4)cc21)C(=O)NC3=O. The number of carbonyl (C=O) groups is 2. The van der Waals surface area contributed by atoms with Gasteiger partial charge in [0.15, 0.2) is 0 Å². The van der Waals surface area contributed by atoms with Crippen LogP contribution in [-0.4, -0.2) is 16.4 Å². The summed E-state index contributed by atoms with van der Waals surface area (Å²) in [5, 5.41) is 4.87. The van der Waals surface area contributed by atoms with E-state index in [1.807, 2.05) is 48.5 Å². The Labute approximate surface area is 160 Å². The molecule has 0 radical (unpaired) electrons. The summed E-state index contributed by atoms with van der Waals surface area (Å²) in [6.07, 6.45) is 0. The van der Waals surface area contributed by atoms with E-state index in [4.69, 9.17) is 11.6 Å². The number of para-hydroxylation sites is 1. The molecule has 1 N–H and O–H groups in total. The van der Waals surface area contributed by atoms with E-state index in [2.05, 4.69) is 16.8 Å². The fraction of sp³-hybridized carbons (Fsp3) is 0.0909. The molecule has 5 heteroatoms. The van der Waals surface area contributed by atoms with Gasteiger partial charge in [0.1, 0.15) is 0 Å². The number of aromatic nitrogens is 1. The molecule has 27 heavy (non-hydrogen) atoms. The van der Waals surface area contributed by atoms with Crippen LogP contribution >= 0.6 is 11.6 Å². The van der Waals surface area contributed by atoms with Crippen molar-refractivity contribution in [1.82, 2.24) is 9.88 Å². The normalized spacial score (nSPS) is 13.4. The second kappa shape index (κ2) is 5.69. The monoisotopic (exact) mass is 374 g/mol. The Balaban J connectivity index is 2.02. The summed E-state index contributed by atoms with van der Waals surface area (Å²) < 4.78 is 2.18. The molecular weight excluding hydrogens is 360 g/mol. The van der Waals surface area contributed by atoms with Gasteiger partial charge in [0.2, 0.25) is 0 Å². The summed E-state index contributed by atoms with van der Waals surface area (Å²) in [5.41, 5.74) is 4.41. The molecule has 2 heterocycles. The Hall–Kier alpha value is -3.11. The molecule has 4 aromatic rings. The number of carbonyl (C=O) groups excluding carboxylic acids is 2. The van der Waals surface area contributed by atoms with Crippen LogP contribution in [0.5, 0.6) is 0 Å². The zero-order valence-electron chi connectivity index (χ0n) is 14.5. The molecule has 0 spiro atoms. The molecule has 132 valence electrons. The van der Waals surface area contributed by atoms with E-state index in [1.54, 1.807) is 6.07 Å². The molecule has 0 saturated heterocycles. The number of nitrogens with one attached hydrogen (secondary N) is 1. The molecule has 1 aromatic heterocycles. The number of rotatable bonds is 2. The number of amides is 2. The number of benzene rings is 3. The Morgan fingerprint density at radius 3 is 2.48 bits per heavy atom. The Morgan fingerprint density at radius 2 is 1.70 bits per heavy atom. The van der Waals surface area contributed by atoms with Crippen LogP contribution in [-0.2, 0) is 6.54 Å². The zero-order chi connectivity index (χ0) is 18.7. The van der Waals surface area contributed by atoms with E-state index in [0.29, 0.717) is 16.1 Å². The van der Waals surface area contributed by atoms with Gasteiger partial charge >= 0.3 is 0 Å². The van der Waals surface area contributed by atoms with E-state index in [1.165, 1.54) is 0 Å².